The van der Waals surface area contributed by atoms with Gasteiger partial charge in [0.2, 0.25) is 23.4 Å². The van der Waals surface area contributed by atoms with Crippen molar-refractivity contribution in [1.29, 1.82) is 0 Å². The van der Waals surface area contributed by atoms with E-state index in [4.69, 9.17) is 21.1 Å². The van der Waals surface area contributed by atoms with Crippen LogP contribution in [0.3, 0.4) is 0 Å². The Morgan fingerprint density at radius 3 is 2.17 bits per heavy atom. The minimum Gasteiger partial charge on any atom is -0.481 e. The van der Waals surface area contributed by atoms with Gasteiger partial charge in [-0.05, 0) is 12.1 Å². The quantitative estimate of drug-likeness (QED) is 0.610. The van der Waals surface area contributed by atoms with Crippen LogP contribution in [0.1, 0.15) is 26.5 Å². The highest BCUT2D eigenvalue weighted by molar-refractivity contribution is 6.34. The van der Waals surface area contributed by atoms with Crippen LogP contribution < -0.4 is 9.47 Å². The first-order valence-electron chi connectivity index (χ1n) is 6.40. The van der Waals surface area contributed by atoms with Crippen molar-refractivity contribution in [3.05, 3.63) is 46.2 Å². The number of hydrogen-bond acceptors (Lipinski definition) is 7. The highest BCUT2D eigenvalue weighted by Crippen LogP contribution is 2.24. The molecule has 0 amide bonds. The Labute approximate surface area is 137 Å². The fraction of sp³-hybridized carbons (Fsp3) is 0.200. The molecule has 8 heteroatoms. The Balaban J connectivity index is 2.58. The van der Waals surface area contributed by atoms with Crippen molar-refractivity contribution in [3.8, 4) is 11.8 Å². The maximum Gasteiger partial charge on any atom is 0.340 e. The van der Waals surface area contributed by atoms with Crippen LogP contribution in [0, 0.1) is 0 Å². The lowest BCUT2D eigenvalue weighted by Crippen LogP contribution is -2.15. The lowest BCUT2D eigenvalue weighted by Gasteiger charge is -2.09. The molecule has 1 heterocycles. The van der Waals surface area contributed by atoms with E-state index in [1.807, 2.05) is 0 Å². The lowest BCUT2D eigenvalue weighted by atomic mass is 10.0. The van der Waals surface area contributed by atoms with Gasteiger partial charge in [-0.15, -0.1) is 0 Å². The number of ketones is 1. The molecule has 2 rings (SSSR count). The van der Waals surface area contributed by atoms with Gasteiger partial charge in [-0.2, -0.15) is 9.97 Å². The molecule has 0 N–H and O–H groups in total. The second-order valence-electron chi connectivity index (χ2n) is 4.26. The molecule has 0 saturated carbocycles. The zero-order valence-electron chi connectivity index (χ0n) is 12.6. The molecule has 0 aliphatic heterocycles. The van der Waals surface area contributed by atoms with Crippen LogP contribution in [0.2, 0.25) is 5.02 Å². The van der Waals surface area contributed by atoms with Crippen LogP contribution in [-0.2, 0) is 4.74 Å². The summed E-state index contributed by atoms with van der Waals surface area (Å²) in [6.07, 6.45) is 0. The van der Waals surface area contributed by atoms with E-state index in [2.05, 4.69) is 14.7 Å². The van der Waals surface area contributed by atoms with Gasteiger partial charge in [0.25, 0.3) is 0 Å². The Kier molecular flexibility index (Phi) is 5.13. The fourth-order valence-electron chi connectivity index (χ4n) is 1.86. The number of benzene rings is 1. The number of carbonyl (C=O) groups is 2. The van der Waals surface area contributed by atoms with Crippen LogP contribution in [-0.4, -0.2) is 43.0 Å². The average Bonchev–Trinajstić information content (AvgIpc) is 2.59. The number of carbonyl (C=O) groups excluding carboxylic acids is 2. The second kappa shape index (κ2) is 7.06. The monoisotopic (exact) mass is 336 g/mol. The first-order valence-corrected chi connectivity index (χ1v) is 6.78. The SMILES string of the molecule is COC(=O)c1c(Cl)cccc1C(=O)c1nc(OC)cc(OC)n1. The fourth-order valence-corrected chi connectivity index (χ4v) is 2.11. The van der Waals surface area contributed by atoms with Gasteiger partial charge in [0.15, 0.2) is 0 Å². The van der Waals surface area contributed by atoms with E-state index < -0.39 is 11.8 Å². The summed E-state index contributed by atoms with van der Waals surface area (Å²) in [5, 5.41) is 0.0950. The van der Waals surface area contributed by atoms with Gasteiger partial charge in [-0.1, -0.05) is 17.7 Å². The van der Waals surface area contributed by atoms with E-state index in [-0.39, 0.29) is 33.7 Å². The number of hydrogen-bond donors (Lipinski definition) is 0. The molecule has 0 unspecified atom stereocenters. The molecule has 0 saturated heterocycles. The summed E-state index contributed by atoms with van der Waals surface area (Å²) in [5.74, 6) is -1.21. The number of methoxy groups -OCH3 is 3. The third-order valence-corrected chi connectivity index (χ3v) is 3.26. The zero-order valence-corrected chi connectivity index (χ0v) is 13.4. The number of esters is 1. The van der Waals surface area contributed by atoms with Crippen molar-refractivity contribution in [2.75, 3.05) is 21.3 Å². The molecule has 0 atom stereocenters. The predicted molar refractivity (Wildman–Crippen MR) is 81.4 cm³/mol. The maximum atomic E-state index is 12.7. The largest absolute Gasteiger partial charge is 0.481 e. The van der Waals surface area contributed by atoms with Crippen molar-refractivity contribution in [1.82, 2.24) is 9.97 Å². The topological polar surface area (TPSA) is 87.6 Å². The third kappa shape index (κ3) is 3.40. The van der Waals surface area contributed by atoms with Gasteiger partial charge < -0.3 is 14.2 Å². The van der Waals surface area contributed by atoms with Gasteiger partial charge in [-0.3, -0.25) is 4.79 Å². The Bertz CT molecular complexity index is 741. The van der Waals surface area contributed by atoms with Crippen LogP contribution in [0.5, 0.6) is 11.8 Å². The third-order valence-electron chi connectivity index (χ3n) is 2.95. The standard InChI is InChI=1S/C15H13ClN2O5/c1-21-10-7-11(22-2)18-14(17-10)13(19)8-5-4-6-9(16)12(8)15(20)23-3/h4-7H,1-3H3. The van der Waals surface area contributed by atoms with Crippen molar-refractivity contribution in [2.45, 2.75) is 0 Å². The predicted octanol–water partition coefficient (Wildman–Crippen LogP) is 2.16. The lowest BCUT2D eigenvalue weighted by molar-refractivity contribution is 0.0597. The molecule has 0 aliphatic rings. The minimum absolute atomic E-state index is 0.0275. The summed E-state index contributed by atoms with van der Waals surface area (Å²) in [4.78, 5) is 32.5. The molecule has 0 spiro atoms. The van der Waals surface area contributed by atoms with Gasteiger partial charge in [0.1, 0.15) is 0 Å². The number of rotatable bonds is 5. The highest BCUT2D eigenvalue weighted by Gasteiger charge is 2.24. The molecule has 0 aliphatic carbocycles. The summed E-state index contributed by atoms with van der Waals surface area (Å²) in [5.41, 5.74) is -0.0216. The first-order chi connectivity index (χ1) is 11.0. The van der Waals surface area contributed by atoms with E-state index in [1.165, 1.54) is 39.5 Å². The van der Waals surface area contributed by atoms with Crippen molar-refractivity contribution in [2.24, 2.45) is 0 Å². The second-order valence-corrected chi connectivity index (χ2v) is 4.67. The van der Waals surface area contributed by atoms with Crippen molar-refractivity contribution in [3.63, 3.8) is 0 Å². The molecule has 0 bridgehead atoms. The van der Waals surface area contributed by atoms with Crippen LogP contribution >= 0.6 is 11.6 Å². The zero-order chi connectivity index (χ0) is 17.0. The van der Waals surface area contributed by atoms with Gasteiger partial charge in [-0.25, -0.2) is 4.79 Å². The summed E-state index contributed by atoms with van der Waals surface area (Å²) < 4.78 is 14.7. The van der Waals surface area contributed by atoms with Gasteiger partial charge in [0.05, 0.1) is 38.0 Å². The van der Waals surface area contributed by atoms with Crippen LogP contribution in [0.25, 0.3) is 0 Å². The van der Waals surface area contributed by atoms with Gasteiger partial charge in [0, 0.05) is 5.56 Å². The Hall–Kier alpha value is -2.67. The molecule has 0 radical (unpaired) electrons. The van der Waals surface area contributed by atoms with Crippen molar-refractivity contribution < 1.29 is 23.8 Å². The highest BCUT2D eigenvalue weighted by atomic mass is 35.5. The van der Waals surface area contributed by atoms with Gasteiger partial charge >= 0.3 is 5.97 Å². The van der Waals surface area contributed by atoms with Crippen LogP contribution in [0.15, 0.2) is 24.3 Å². The molecule has 120 valence electrons. The summed E-state index contributed by atoms with van der Waals surface area (Å²) in [7, 11) is 4.00. The Morgan fingerprint density at radius 1 is 1.04 bits per heavy atom. The van der Waals surface area contributed by atoms with E-state index in [9.17, 15) is 9.59 Å². The summed E-state index contributed by atoms with van der Waals surface area (Å²) in [6.45, 7) is 0. The van der Waals surface area contributed by atoms with E-state index in [0.717, 1.165) is 0 Å². The van der Waals surface area contributed by atoms with E-state index in [1.54, 1.807) is 6.07 Å². The van der Waals surface area contributed by atoms with Crippen molar-refractivity contribution >= 4 is 23.4 Å². The Morgan fingerprint density at radius 2 is 1.65 bits per heavy atom. The summed E-state index contributed by atoms with van der Waals surface area (Å²) in [6, 6.07) is 5.89. The minimum atomic E-state index is -0.728. The van der Waals surface area contributed by atoms with E-state index in [0.29, 0.717) is 0 Å². The number of aromatic nitrogens is 2. The smallest absolute Gasteiger partial charge is 0.340 e. The molecule has 1 aromatic heterocycles. The number of nitrogens with zero attached hydrogens (tertiary/aromatic N) is 2. The normalized spacial score (nSPS) is 10.1. The first kappa shape index (κ1) is 16.7. The molecular formula is C15H13ClN2O5. The molecule has 7 nitrogen and oxygen atoms in total. The maximum absolute atomic E-state index is 12.7. The molecule has 23 heavy (non-hydrogen) atoms. The molecule has 2 aromatic rings. The molecule has 0 fully saturated rings. The van der Waals surface area contributed by atoms with Crippen LogP contribution in [0.4, 0.5) is 0 Å². The number of ether oxygens (including phenoxy) is 3. The molecular weight excluding hydrogens is 324 g/mol. The van der Waals surface area contributed by atoms with E-state index >= 15 is 0 Å². The molecule has 1 aromatic carbocycles. The number of halogens is 1. The summed E-state index contributed by atoms with van der Waals surface area (Å²) >= 11 is 6.01. The average molecular weight is 337 g/mol.